The van der Waals surface area contributed by atoms with Crippen LogP contribution in [0.3, 0.4) is 0 Å². The van der Waals surface area contributed by atoms with Crippen LogP contribution in [0.25, 0.3) is 0 Å². The van der Waals surface area contributed by atoms with Crippen LogP contribution in [0.4, 0.5) is 26.3 Å². The van der Waals surface area contributed by atoms with Gasteiger partial charge in [0.15, 0.2) is 0 Å². The van der Waals surface area contributed by atoms with E-state index >= 15 is 38.4 Å². The first-order valence-corrected chi connectivity index (χ1v) is 37.4. The van der Waals surface area contributed by atoms with Gasteiger partial charge in [-0.1, -0.05) is 102 Å². The number of aryl methyl sites for hydroxylation is 1. The zero-order chi connectivity index (χ0) is 78.7. The second-order valence-electron chi connectivity index (χ2n) is 30.0. The van der Waals surface area contributed by atoms with Crippen LogP contribution in [0, 0.1) is 17.8 Å². The number of rotatable bonds is 11. The first-order valence-electron chi connectivity index (χ1n) is 37.0. The number of carbonyl (C=O) groups is 12. The number of hydrogen-bond acceptors (Lipinski definition) is 13. The van der Waals surface area contributed by atoms with Gasteiger partial charge in [-0.3, -0.25) is 57.5 Å². The van der Waals surface area contributed by atoms with Crippen molar-refractivity contribution in [2.45, 2.75) is 203 Å². The Morgan fingerprint density at radius 2 is 1.27 bits per heavy atom. The third-order valence-electron chi connectivity index (χ3n) is 22.2. The molecule has 0 unspecified atom stereocenters. The minimum Gasteiger partial charge on any atom is -0.378 e. The highest BCUT2D eigenvalue weighted by Crippen LogP contribution is 2.39. The monoisotopic (exact) mass is 1530 g/mol. The molecule has 2 aromatic rings. The Morgan fingerprint density at radius 1 is 0.636 bits per heavy atom. The lowest BCUT2D eigenvalue weighted by molar-refractivity contribution is -0.157. The molecule has 2 aliphatic carbocycles. The molecule has 9 atom stereocenters. The minimum atomic E-state index is -4.82. The molecule has 2 saturated carbocycles. The molecule has 2 aromatic carbocycles. The van der Waals surface area contributed by atoms with Gasteiger partial charge in [-0.2, -0.15) is 26.3 Å². The number of likely N-dealkylation sites (N-methyl/N-ethyl adjacent to an activating group) is 6. The summed E-state index contributed by atoms with van der Waals surface area (Å²) in [7, 11) is 8.09. The molecule has 5 fully saturated rings. The molecule has 12 amide bonds. The van der Waals surface area contributed by atoms with Crippen molar-refractivity contribution in [3.8, 4) is 0 Å². The van der Waals surface area contributed by atoms with Gasteiger partial charge in [-0.05, 0) is 117 Å². The summed E-state index contributed by atoms with van der Waals surface area (Å²) in [5.74, 6) is -10.4. The van der Waals surface area contributed by atoms with Gasteiger partial charge in [0.2, 0.25) is 70.9 Å². The highest BCUT2D eigenvalue weighted by molar-refractivity contribution is 6.31. The van der Waals surface area contributed by atoms with E-state index in [9.17, 15) is 45.5 Å². The number of halogens is 7. The van der Waals surface area contributed by atoms with Gasteiger partial charge in [0, 0.05) is 74.9 Å². The first kappa shape index (κ1) is 84.3. The lowest BCUT2D eigenvalue weighted by Gasteiger charge is -2.42. The average molecular weight is 1530 g/mol. The van der Waals surface area contributed by atoms with E-state index in [1.54, 1.807) is 26.0 Å². The van der Waals surface area contributed by atoms with E-state index in [0.29, 0.717) is 44.9 Å². The van der Waals surface area contributed by atoms with Gasteiger partial charge >= 0.3 is 12.4 Å². The third kappa shape index (κ3) is 20.3. The highest BCUT2D eigenvalue weighted by atomic mass is 35.5. The Morgan fingerprint density at radius 3 is 1.88 bits per heavy atom. The number of nitrogens with one attached hydrogen (secondary N) is 3. The van der Waals surface area contributed by atoms with E-state index in [1.807, 2.05) is 13.8 Å². The molecule has 4 aliphatic heterocycles. The fraction of sp³-hybridized carbons (Fsp3) is 0.653. The molecule has 4 heterocycles. The van der Waals surface area contributed by atoms with Crippen molar-refractivity contribution in [3.05, 3.63) is 81.9 Å². The Balaban J connectivity index is 1.21. The van der Waals surface area contributed by atoms with Crippen molar-refractivity contribution in [3.63, 3.8) is 0 Å². The lowest BCUT2D eigenvalue weighted by atomic mass is 9.90. The van der Waals surface area contributed by atoms with Crippen molar-refractivity contribution < 1.29 is 88.6 Å². The number of nitrogens with zero attached hydrogens (tertiary/aromatic N) is 9. The summed E-state index contributed by atoms with van der Waals surface area (Å²) in [6.45, 7) is 5.89. The summed E-state index contributed by atoms with van der Waals surface area (Å²) in [5.41, 5.74) is -3.41. The maximum Gasteiger partial charge on any atom is 0.417 e. The molecule has 25 nitrogen and oxygen atoms in total. The van der Waals surface area contributed by atoms with E-state index in [1.165, 1.54) is 66.8 Å². The zero-order valence-corrected chi connectivity index (χ0v) is 63.5. The number of amides is 12. The van der Waals surface area contributed by atoms with Crippen molar-refractivity contribution >= 4 is 82.5 Å². The summed E-state index contributed by atoms with van der Waals surface area (Å²) < 4.78 is 89.2. The van der Waals surface area contributed by atoms with E-state index in [0.717, 1.165) is 62.1 Å². The van der Waals surface area contributed by atoms with Gasteiger partial charge in [-0.15, -0.1) is 0 Å². The predicted molar refractivity (Wildman–Crippen MR) is 382 cm³/mol. The number of morpholine rings is 1. The Bertz CT molecular complexity index is 3620. The first-order chi connectivity index (χ1) is 50.4. The average Bonchev–Trinajstić information content (AvgIpc) is 1.73. The molecule has 1 spiro atoms. The number of fused-ring (bicyclic) bond motifs is 3. The molecule has 8 rings (SSSR count). The van der Waals surface area contributed by atoms with Crippen molar-refractivity contribution in [1.82, 2.24) is 60.0 Å². The summed E-state index contributed by atoms with van der Waals surface area (Å²) in [5, 5.41) is 7.92. The molecular weight excluding hydrogens is 1430 g/mol. The second kappa shape index (κ2) is 36.2. The molecule has 590 valence electrons. The summed E-state index contributed by atoms with van der Waals surface area (Å²) >= 11 is 6.15. The molecule has 6 aliphatic rings. The van der Waals surface area contributed by atoms with E-state index in [4.69, 9.17) is 16.3 Å². The van der Waals surface area contributed by atoms with Gasteiger partial charge < -0.3 is 64.8 Å². The second-order valence-corrected chi connectivity index (χ2v) is 30.4. The van der Waals surface area contributed by atoms with Crippen LogP contribution in [0.2, 0.25) is 5.02 Å². The van der Waals surface area contributed by atoms with Crippen LogP contribution in [-0.2, 0) is 87.5 Å². The number of alkyl halides is 6. The smallest absolute Gasteiger partial charge is 0.378 e. The van der Waals surface area contributed by atoms with Crippen LogP contribution in [0.15, 0.2) is 54.6 Å². The summed E-state index contributed by atoms with van der Waals surface area (Å²) in [6.07, 6.45) is -3.86. The van der Waals surface area contributed by atoms with Gasteiger partial charge in [0.1, 0.15) is 53.9 Å². The molecule has 32 heteroatoms. The van der Waals surface area contributed by atoms with Crippen LogP contribution in [0.1, 0.15) is 146 Å². The molecule has 0 radical (unpaired) electrons. The maximum atomic E-state index is 15.7. The maximum absolute atomic E-state index is 15.7. The SMILES string of the molecule is CC[C@H](C)[C@@H]1NC(=O)[C@H](CC(C)C)N(C)C(=O)C[C@@H](C(=O)N2CCOCC2)N(C)C(=O)[C@H](C2CCCC2)N(C)C(=O)C2(CCCC2)NC(=O)[C@@H]2CCCN2C(=O)[C@@H](CCc2ccc(C(F)(F)F)c(Cl)c2)NC(=O)CN(C)C(=O)[C@H](Cc2ccc(C(F)(F)F)cc2)N2CC=CC[C@@H](C2=O)N(C)C(=O)CN(C)C1=O. The van der Waals surface area contributed by atoms with Gasteiger partial charge in [-0.25, -0.2) is 0 Å². The van der Waals surface area contributed by atoms with Crippen LogP contribution < -0.4 is 16.0 Å². The van der Waals surface area contributed by atoms with Crippen LogP contribution >= 0.6 is 11.6 Å². The topological polar surface area (TPSA) is 279 Å². The predicted octanol–water partition coefficient (Wildman–Crippen LogP) is 5.87. The van der Waals surface area contributed by atoms with Gasteiger partial charge in [0.05, 0.1) is 48.9 Å². The van der Waals surface area contributed by atoms with Gasteiger partial charge in [0.25, 0.3) is 0 Å². The number of carbonyl (C=O) groups excluding carboxylic acids is 12. The Kier molecular flexibility index (Phi) is 28.5. The summed E-state index contributed by atoms with van der Waals surface area (Å²) in [6, 6.07) is -4.27. The van der Waals surface area contributed by atoms with Crippen molar-refractivity contribution in [1.29, 1.82) is 0 Å². The molecule has 2 bridgehead atoms. The third-order valence-corrected chi connectivity index (χ3v) is 22.5. The fourth-order valence-electron chi connectivity index (χ4n) is 15.6. The minimum absolute atomic E-state index is 0.0489. The molecular formula is C75H103ClF6N12O13. The van der Waals surface area contributed by atoms with E-state index in [-0.39, 0.29) is 108 Å². The van der Waals surface area contributed by atoms with Crippen molar-refractivity contribution in [2.24, 2.45) is 17.8 Å². The van der Waals surface area contributed by atoms with Crippen molar-refractivity contribution in [2.75, 3.05) is 94.8 Å². The summed E-state index contributed by atoms with van der Waals surface area (Å²) in [4.78, 5) is 192. The van der Waals surface area contributed by atoms with E-state index in [2.05, 4.69) is 16.0 Å². The van der Waals surface area contributed by atoms with Crippen LogP contribution in [-0.4, -0.2) is 264 Å². The quantitative estimate of drug-likeness (QED) is 0.176. The largest absolute Gasteiger partial charge is 0.417 e. The molecule has 107 heavy (non-hydrogen) atoms. The number of ether oxygens (including phenoxy) is 1. The normalized spacial score (nSPS) is 26.1. The number of hydrogen-bond donors (Lipinski definition) is 3. The highest BCUT2D eigenvalue weighted by Gasteiger charge is 2.52. The molecule has 3 saturated heterocycles. The number of benzene rings is 2. The van der Waals surface area contributed by atoms with E-state index < -0.39 is 191 Å². The van der Waals surface area contributed by atoms with Crippen LogP contribution in [0.5, 0.6) is 0 Å². The molecule has 3 N–H and O–H groups in total. The fourth-order valence-corrected chi connectivity index (χ4v) is 15.9. The lowest BCUT2D eigenvalue weighted by Crippen LogP contribution is -2.65. The zero-order valence-electron chi connectivity index (χ0n) is 62.7. The molecule has 0 aromatic heterocycles. The Labute approximate surface area is 626 Å². The Hall–Kier alpha value is -8.35. The standard InChI is InChI=1S/C75H103ClF6N12O13/c1-11-46(4)62-70(104)87(6)44-61(97)88(7)55-21-14-17-33-94(69(55)103)58(41-48-23-27-50(28-24-48)74(77,78)79)67(101)86(5)43-59(95)83-53(30-26-47-25-29-51(52(76)40-47)75(80,81)82)66(100)93-34-18-22-54(93)65(99)85-73(31-15-16-32-73)72(106)91(10)63(49-19-12-13-20-49)71(105)90(9)57(68(102)92-35-37-107-38-36-92)42-60(96)89(8)56(39-45(2)3)64(98)84-62/h14,17,23-25,27-29,40,45-46,49,53-58,62-63H,11-13,15-16,18-22,26,30-39,41-44H2,1-10H3,(H,83,95)(H,84,98)(H,85,99)/t46-,53+,54-,55-,56-,57-,58-,62-,63-/m0/s1.